The fourth-order valence-electron chi connectivity index (χ4n) is 4.89. The molecule has 0 bridgehead atoms. The van der Waals surface area contributed by atoms with Gasteiger partial charge in [0.2, 0.25) is 0 Å². The third-order valence-electron chi connectivity index (χ3n) is 7.06. The van der Waals surface area contributed by atoms with Gasteiger partial charge in [-0.05, 0) is 56.7 Å². The minimum atomic E-state index is -1.20. The van der Waals surface area contributed by atoms with Gasteiger partial charge in [-0.2, -0.15) is 0 Å². The number of aryl methyl sites for hydroxylation is 1. The second kappa shape index (κ2) is 9.85. The van der Waals surface area contributed by atoms with E-state index in [1.165, 1.54) is 12.0 Å². The van der Waals surface area contributed by atoms with E-state index in [0.29, 0.717) is 47.3 Å². The first kappa shape index (κ1) is 24.4. The average Bonchev–Trinajstić information content (AvgIpc) is 3.08. The van der Waals surface area contributed by atoms with Crippen molar-refractivity contribution in [2.75, 3.05) is 18.0 Å². The van der Waals surface area contributed by atoms with Crippen LogP contribution in [-0.2, 0) is 4.79 Å². The molecule has 34 heavy (non-hydrogen) atoms. The highest BCUT2D eigenvalue weighted by molar-refractivity contribution is 5.82. The van der Waals surface area contributed by atoms with Crippen molar-refractivity contribution in [2.24, 2.45) is 0 Å². The highest BCUT2D eigenvalue weighted by atomic mass is 19.1. The number of anilines is 1. The quantitative estimate of drug-likeness (QED) is 0.395. The summed E-state index contributed by atoms with van der Waals surface area (Å²) >= 11 is 0. The lowest BCUT2D eigenvalue weighted by atomic mass is 9.92. The van der Waals surface area contributed by atoms with E-state index in [2.05, 4.69) is 24.0 Å². The largest absolute Gasteiger partial charge is 0.363 e. The van der Waals surface area contributed by atoms with Crippen molar-refractivity contribution in [2.45, 2.75) is 77.4 Å². The molecule has 1 atom stereocenters. The number of alkyl halides is 1. The SMILES string of the molecule is CCC(=O)CC(C)c1ccccc1.Cc1nc2ccc(N3CC(C)(F)C3)c(F)c2n1C1CCC1. The van der Waals surface area contributed by atoms with Gasteiger partial charge in [-0.25, -0.2) is 13.8 Å². The highest BCUT2D eigenvalue weighted by Crippen LogP contribution is 2.39. The lowest BCUT2D eigenvalue weighted by molar-refractivity contribution is -0.119. The number of fused-ring (bicyclic) bond motifs is 1. The molecule has 2 heterocycles. The van der Waals surface area contributed by atoms with Crippen LogP contribution in [0, 0.1) is 12.7 Å². The summed E-state index contributed by atoms with van der Waals surface area (Å²) < 4.78 is 30.7. The van der Waals surface area contributed by atoms with E-state index in [4.69, 9.17) is 0 Å². The van der Waals surface area contributed by atoms with Crippen molar-refractivity contribution in [3.05, 3.63) is 59.7 Å². The predicted octanol–water partition coefficient (Wildman–Crippen LogP) is 6.92. The van der Waals surface area contributed by atoms with E-state index >= 15 is 0 Å². The molecule has 4 nitrogen and oxygen atoms in total. The Hall–Kier alpha value is -2.76. The summed E-state index contributed by atoms with van der Waals surface area (Å²) in [5.41, 5.74) is 1.83. The van der Waals surface area contributed by atoms with Crippen molar-refractivity contribution in [3.63, 3.8) is 0 Å². The van der Waals surface area contributed by atoms with Gasteiger partial charge in [-0.1, -0.05) is 44.2 Å². The molecule has 1 saturated heterocycles. The lowest BCUT2D eigenvalue weighted by Crippen LogP contribution is -2.57. The molecule has 182 valence electrons. The molecule has 0 radical (unpaired) electrons. The van der Waals surface area contributed by atoms with Crippen molar-refractivity contribution in [1.82, 2.24) is 9.55 Å². The van der Waals surface area contributed by atoms with Crippen LogP contribution < -0.4 is 4.90 Å². The van der Waals surface area contributed by atoms with E-state index in [-0.39, 0.29) is 18.9 Å². The Morgan fingerprint density at radius 3 is 2.41 bits per heavy atom. The second-order valence-corrected chi connectivity index (χ2v) is 10.1. The number of rotatable bonds is 6. The number of ketones is 1. The molecular weight excluding hydrogens is 432 g/mol. The van der Waals surface area contributed by atoms with E-state index < -0.39 is 5.67 Å². The Morgan fingerprint density at radius 2 is 1.85 bits per heavy atom. The van der Waals surface area contributed by atoms with E-state index in [1.54, 1.807) is 17.9 Å². The molecule has 3 aromatic rings. The minimum Gasteiger partial charge on any atom is -0.363 e. The van der Waals surface area contributed by atoms with Gasteiger partial charge in [0.25, 0.3) is 0 Å². The van der Waals surface area contributed by atoms with Crippen molar-refractivity contribution in [3.8, 4) is 0 Å². The molecule has 0 N–H and O–H groups in total. The summed E-state index contributed by atoms with van der Waals surface area (Å²) in [6, 6.07) is 14.1. The number of Topliss-reactive ketones (excluding diaryl/α,β-unsaturated/α-hetero) is 1. The van der Waals surface area contributed by atoms with Gasteiger partial charge in [0.15, 0.2) is 5.82 Å². The van der Waals surface area contributed by atoms with Gasteiger partial charge in [-0.3, -0.25) is 4.79 Å². The standard InChI is InChI=1S/C16H19F2N3.C12H16O/c1-10-19-12-6-7-13(20-8-16(2,18)9-20)14(17)15(12)21(10)11-4-3-5-11;1-3-12(13)9-10(2)11-7-5-4-6-8-11/h6-7,11H,3-5,8-9H2,1-2H3;4-8,10H,3,9H2,1-2H3. The van der Waals surface area contributed by atoms with Gasteiger partial charge in [0, 0.05) is 18.9 Å². The fraction of sp³-hybridized carbons (Fsp3) is 0.500. The predicted molar refractivity (Wildman–Crippen MR) is 134 cm³/mol. The topological polar surface area (TPSA) is 38.1 Å². The number of hydrogen-bond acceptors (Lipinski definition) is 3. The molecule has 1 saturated carbocycles. The van der Waals surface area contributed by atoms with Gasteiger partial charge in [0.1, 0.15) is 22.8 Å². The fourth-order valence-corrected chi connectivity index (χ4v) is 4.89. The van der Waals surface area contributed by atoms with Crippen LogP contribution in [0.5, 0.6) is 0 Å². The van der Waals surface area contributed by atoms with Gasteiger partial charge in [-0.15, -0.1) is 0 Å². The Morgan fingerprint density at radius 1 is 1.18 bits per heavy atom. The Balaban J connectivity index is 0.000000182. The molecule has 1 aliphatic heterocycles. The summed E-state index contributed by atoms with van der Waals surface area (Å²) in [5.74, 6) is 1.31. The second-order valence-electron chi connectivity index (χ2n) is 10.1. The number of aromatic nitrogens is 2. The van der Waals surface area contributed by atoms with Gasteiger partial charge in [0.05, 0.1) is 24.3 Å². The van der Waals surface area contributed by atoms with Crippen LogP contribution in [0.25, 0.3) is 11.0 Å². The van der Waals surface area contributed by atoms with Crippen molar-refractivity contribution >= 4 is 22.5 Å². The number of imidazole rings is 1. The summed E-state index contributed by atoms with van der Waals surface area (Å²) in [7, 11) is 0. The summed E-state index contributed by atoms with van der Waals surface area (Å²) in [4.78, 5) is 17.4. The molecule has 6 heteroatoms. The molecule has 0 amide bonds. The molecular formula is C28H35F2N3O. The van der Waals surface area contributed by atoms with E-state index in [1.807, 2.05) is 42.7 Å². The normalized spacial score (nSPS) is 18.0. The highest BCUT2D eigenvalue weighted by Gasteiger charge is 2.40. The molecule has 5 rings (SSSR count). The molecule has 1 unspecified atom stereocenters. The third kappa shape index (κ3) is 5.01. The van der Waals surface area contributed by atoms with Crippen LogP contribution in [0.3, 0.4) is 0 Å². The number of carbonyl (C=O) groups excluding carboxylic acids is 1. The van der Waals surface area contributed by atoms with Crippen LogP contribution in [-0.4, -0.2) is 34.1 Å². The van der Waals surface area contributed by atoms with Crippen LogP contribution in [0.15, 0.2) is 42.5 Å². The van der Waals surface area contributed by atoms with Crippen molar-refractivity contribution in [1.29, 1.82) is 0 Å². The number of benzene rings is 2. The molecule has 2 aromatic carbocycles. The van der Waals surface area contributed by atoms with Crippen LogP contribution in [0.4, 0.5) is 14.5 Å². The Labute approximate surface area is 201 Å². The number of hydrogen-bond donors (Lipinski definition) is 0. The smallest absolute Gasteiger partial charge is 0.172 e. The minimum absolute atomic E-state index is 0.254. The third-order valence-corrected chi connectivity index (χ3v) is 7.06. The monoisotopic (exact) mass is 467 g/mol. The molecule has 2 aliphatic rings. The molecule has 2 fully saturated rings. The first-order valence-electron chi connectivity index (χ1n) is 12.4. The summed E-state index contributed by atoms with van der Waals surface area (Å²) in [6.45, 7) is 8.02. The van der Waals surface area contributed by atoms with Gasteiger partial charge >= 0.3 is 0 Å². The zero-order valence-electron chi connectivity index (χ0n) is 20.7. The van der Waals surface area contributed by atoms with Crippen LogP contribution in [0.1, 0.15) is 76.2 Å². The maximum absolute atomic E-state index is 15.0. The maximum Gasteiger partial charge on any atom is 0.172 e. The first-order chi connectivity index (χ1) is 16.2. The van der Waals surface area contributed by atoms with E-state index in [9.17, 15) is 13.6 Å². The number of nitrogens with zero attached hydrogens (tertiary/aromatic N) is 3. The van der Waals surface area contributed by atoms with Crippen LogP contribution >= 0.6 is 0 Å². The van der Waals surface area contributed by atoms with E-state index in [0.717, 1.165) is 18.7 Å². The van der Waals surface area contributed by atoms with Gasteiger partial charge < -0.3 is 9.47 Å². The molecule has 1 aliphatic carbocycles. The lowest BCUT2D eigenvalue weighted by Gasteiger charge is -2.44. The summed E-state index contributed by atoms with van der Waals surface area (Å²) in [5, 5.41) is 0. The average molecular weight is 468 g/mol. The summed E-state index contributed by atoms with van der Waals surface area (Å²) in [6.07, 6.45) is 4.68. The zero-order chi connectivity index (χ0) is 24.5. The molecule has 0 spiro atoms. The number of carbonyl (C=O) groups is 1. The molecule has 1 aromatic heterocycles. The first-order valence-corrected chi connectivity index (χ1v) is 12.4. The Bertz CT molecular complexity index is 1140. The van der Waals surface area contributed by atoms with Crippen LogP contribution in [0.2, 0.25) is 0 Å². The number of halogens is 2. The van der Waals surface area contributed by atoms with Crippen molar-refractivity contribution < 1.29 is 13.6 Å². The zero-order valence-corrected chi connectivity index (χ0v) is 20.7. The Kier molecular flexibility index (Phi) is 7.06. The maximum atomic E-state index is 15.0.